The summed E-state index contributed by atoms with van der Waals surface area (Å²) in [6.07, 6.45) is 1.78. The van der Waals surface area contributed by atoms with E-state index in [4.69, 9.17) is 5.11 Å². The first kappa shape index (κ1) is 15.0. The van der Waals surface area contributed by atoms with Gasteiger partial charge in [-0.3, -0.25) is 9.59 Å². The first-order chi connectivity index (χ1) is 9.88. The lowest BCUT2D eigenvalue weighted by Crippen LogP contribution is -2.40. The third kappa shape index (κ3) is 3.39. The van der Waals surface area contributed by atoms with E-state index >= 15 is 0 Å². The summed E-state index contributed by atoms with van der Waals surface area (Å²) in [5.74, 6) is -2.22. The van der Waals surface area contributed by atoms with Crippen molar-refractivity contribution in [2.75, 3.05) is 0 Å². The van der Waals surface area contributed by atoms with E-state index in [0.29, 0.717) is 5.52 Å². The van der Waals surface area contributed by atoms with E-state index in [2.05, 4.69) is 10.3 Å². The lowest BCUT2D eigenvalue weighted by molar-refractivity contribution is -0.142. The first-order valence-electron chi connectivity index (χ1n) is 6.66. The number of benzene rings is 1. The van der Waals surface area contributed by atoms with Gasteiger partial charge in [-0.2, -0.15) is 0 Å². The molecular weight excluding hydrogens is 275 g/mol. The first-order valence-corrected chi connectivity index (χ1v) is 6.66. The highest BCUT2D eigenvalue weighted by Gasteiger charge is 2.21. The van der Waals surface area contributed by atoms with Crippen LogP contribution in [0.4, 0.5) is 4.39 Å². The molecule has 21 heavy (non-hydrogen) atoms. The monoisotopic (exact) mass is 292 g/mol. The highest BCUT2D eigenvalue weighted by Crippen LogP contribution is 2.19. The fraction of sp³-hybridized carbons (Fsp3) is 0.333. The Bertz CT molecular complexity index is 681. The van der Waals surface area contributed by atoms with Crippen LogP contribution in [0.5, 0.6) is 0 Å². The number of hydrogen-bond acceptors (Lipinski definition) is 2. The molecule has 2 rings (SSSR count). The van der Waals surface area contributed by atoms with Crippen molar-refractivity contribution in [2.45, 2.75) is 26.3 Å². The van der Waals surface area contributed by atoms with Gasteiger partial charge in [-0.25, -0.2) is 4.39 Å². The van der Waals surface area contributed by atoms with Gasteiger partial charge in [0.05, 0.1) is 12.3 Å². The number of hydrogen-bond donors (Lipinski definition) is 3. The van der Waals surface area contributed by atoms with Gasteiger partial charge in [0.2, 0.25) is 5.91 Å². The van der Waals surface area contributed by atoms with E-state index in [9.17, 15) is 14.0 Å². The number of amides is 1. The van der Waals surface area contributed by atoms with Crippen molar-refractivity contribution < 1.29 is 19.1 Å². The van der Waals surface area contributed by atoms with Crippen LogP contribution in [0.25, 0.3) is 10.9 Å². The summed E-state index contributed by atoms with van der Waals surface area (Å²) >= 11 is 0. The number of carbonyl (C=O) groups is 2. The van der Waals surface area contributed by atoms with E-state index < -0.39 is 17.9 Å². The number of fused-ring (bicyclic) bond motifs is 1. The summed E-state index contributed by atoms with van der Waals surface area (Å²) in [6, 6.07) is 3.86. The van der Waals surface area contributed by atoms with Crippen molar-refractivity contribution in [3.8, 4) is 0 Å². The van der Waals surface area contributed by atoms with Crippen LogP contribution in [0.1, 0.15) is 19.4 Å². The zero-order chi connectivity index (χ0) is 15.6. The molecule has 2 aromatic rings. The second-order valence-electron chi connectivity index (χ2n) is 5.16. The number of aliphatic carboxylic acids is 1. The van der Waals surface area contributed by atoms with Gasteiger partial charge in [0.25, 0.3) is 0 Å². The van der Waals surface area contributed by atoms with Gasteiger partial charge in [0.15, 0.2) is 0 Å². The summed E-state index contributed by atoms with van der Waals surface area (Å²) in [5.41, 5.74) is 1.38. The van der Waals surface area contributed by atoms with Crippen LogP contribution in [0.2, 0.25) is 0 Å². The Morgan fingerprint density at radius 1 is 1.38 bits per heavy atom. The van der Waals surface area contributed by atoms with E-state index in [0.717, 1.165) is 10.9 Å². The topological polar surface area (TPSA) is 82.2 Å². The quantitative estimate of drug-likeness (QED) is 0.789. The van der Waals surface area contributed by atoms with Crippen molar-refractivity contribution in [3.05, 3.63) is 35.8 Å². The Balaban J connectivity index is 2.06. The largest absolute Gasteiger partial charge is 0.481 e. The molecule has 0 aliphatic rings. The molecule has 0 aliphatic carbocycles. The Hall–Kier alpha value is -2.37. The molecule has 0 bridgehead atoms. The molecule has 0 saturated heterocycles. The van der Waals surface area contributed by atoms with Crippen LogP contribution in [0.3, 0.4) is 0 Å². The molecule has 112 valence electrons. The van der Waals surface area contributed by atoms with Gasteiger partial charge in [0.1, 0.15) is 5.82 Å². The molecule has 3 N–H and O–H groups in total. The number of aromatic nitrogens is 1. The Morgan fingerprint density at radius 3 is 2.76 bits per heavy atom. The van der Waals surface area contributed by atoms with Crippen LogP contribution < -0.4 is 5.32 Å². The zero-order valence-corrected chi connectivity index (χ0v) is 11.8. The third-order valence-electron chi connectivity index (χ3n) is 3.61. The molecule has 0 radical (unpaired) electrons. The second-order valence-corrected chi connectivity index (χ2v) is 5.16. The molecule has 2 atom stereocenters. The summed E-state index contributed by atoms with van der Waals surface area (Å²) in [4.78, 5) is 25.7. The van der Waals surface area contributed by atoms with Gasteiger partial charge in [-0.15, -0.1) is 0 Å². The third-order valence-corrected chi connectivity index (χ3v) is 3.61. The number of H-pyrrole nitrogens is 1. The van der Waals surface area contributed by atoms with Gasteiger partial charge in [-0.1, -0.05) is 0 Å². The fourth-order valence-corrected chi connectivity index (χ4v) is 2.12. The number of aromatic amines is 1. The lowest BCUT2D eigenvalue weighted by atomic mass is 10.0. The van der Waals surface area contributed by atoms with E-state index in [1.807, 2.05) is 0 Å². The molecule has 1 amide bonds. The molecular formula is C15H17FN2O3. The lowest BCUT2D eigenvalue weighted by Gasteiger charge is -2.17. The van der Waals surface area contributed by atoms with Crippen LogP contribution in [0, 0.1) is 11.7 Å². The highest BCUT2D eigenvalue weighted by atomic mass is 19.1. The smallest absolute Gasteiger partial charge is 0.308 e. The summed E-state index contributed by atoms with van der Waals surface area (Å²) in [6.45, 7) is 3.20. The molecule has 0 unspecified atom stereocenters. The number of rotatable bonds is 5. The van der Waals surface area contributed by atoms with Crippen LogP contribution >= 0.6 is 0 Å². The van der Waals surface area contributed by atoms with Gasteiger partial charge in [-0.05, 0) is 37.6 Å². The van der Waals surface area contributed by atoms with Crippen molar-refractivity contribution in [1.82, 2.24) is 10.3 Å². The number of nitrogens with one attached hydrogen (secondary N) is 2. The molecule has 6 heteroatoms. The Morgan fingerprint density at radius 2 is 2.10 bits per heavy atom. The van der Waals surface area contributed by atoms with E-state index in [1.54, 1.807) is 26.1 Å². The van der Waals surface area contributed by atoms with Crippen molar-refractivity contribution in [1.29, 1.82) is 0 Å². The average Bonchev–Trinajstić information content (AvgIpc) is 2.79. The minimum atomic E-state index is -0.953. The summed E-state index contributed by atoms with van der Waals surface area (Å²) in [5, 5.41) is 12.3. The van der Waals surface area contributed by atoms with E-state index in [-0.39, 0.29) is 18.1 Å². The van der Waals surface area contributed by atoms with Crippen LogP contribution in [0.15, 0.2) is 24.4 Å². The molecule has 1 aromatic heterocycles. The zero-order valence-electron chi connectivity index (χ0n) is 11.8. The highest BCUT2D eigenvalue weighted by molar-refractivity contribution is 5.89. The van der Waals surface area contributed by atoms with Gasteiger partial charge >= 0.3 is 5.97 Å². The number of carboxylic acid groups (broad SMARTS) is 1. The second kappa shape index (κ2) is 5.95. The van der Waals surface area contributed by atoms with Crippen LogP contribution in [-0.4, -0.2) is 28.0 Å². The number of halogens is 1. The van der Waals surface area contributed by atoms with Gasteiger partial charge < -0.3 is 15.4 Å². The maximum atomic E-state index is 13.1. The molecule has 0 fully saturated rings. The number of carbonyl (C=O) groups excluding carboxylic acids is 1. The maximum absolute atomic E-state index is 13.1. The summed E-state index contributed by atoms with van der Waals surface area (Å²) < 4.78 is 13.1. The van der Waals surface area contributed by atoms with Crippen LogP contribution in [-0.2, 0) is 16.0 Å². The number of carboxylic acids is 1. The molecule has 5 nitrogen and oxygen atoms in total. The van der Waals surface area contributed by atoms with Crippen molar-refractivity contribution in [3.63, 3.8) is 0 Å². The normalized spacial score (nSPS) is 13.9. The summed E-state index contributed by atoms with van der Waals surface area (Å²) in [7, 11) is 0. The van der Waals surface area contributed by atoms with Crippen molar-refractivity contribution in [2.24, 2.45) is 5.92 Å². The fourth-order valence-electron chi connectivity index (χ4n) is 2.12. The van der Waals surface area contributed by atoms with E-state index in [1.165, 1.54) is 12.1 Å². The predicted octanol–water partition coefficient (Wildman–Crippen LogP) is 2.07. The minimum Gasteiger partial charge on any atom is -0.481 e. The molecule has 1 aromatic carbocycles. The molecule has 0 saturated carbocycles. The predicted molar refractivity (Wildman–Crippen MR) is 76.4 cm³/mol. The SMILES string of the molecule is C[C@H](NC(=O)Cc1c[nH]c2cc(F)ccc12)[C@@H](C)C(=O)O. The minimum absolute atomic E-state index is 0.113. The Kier molecular flexibility index (Phi) is 4.26. The molecule has 0 aliphatic heterocycles. The molecule has 0 spiro atoms. The van der Waals surface area contributed by atoms with Crippen molar-refractivity contribution >= 4 is 22.8 Å². The molecule has 1 heterocycles. The standard InChI is InChI=1S/C15H17FN2O3/c1-8(15(20)21)9(2)18-14(19)5-10-7-17-13-6-11(16)3-4-12(10)13/h3-4,6-9,17H,5H2,1-2H3,(H,18,19)(H,20,21)/t8-,9+/m1/s1. The maximum Gasteiger partial charge on any atom is 0.308 e. The van der Waals surface area contributed by atoms with Gasteiger partial charge in [0, 0.05) is 23.1 Å². The average molecular weight is 292 g/mol. The Labute approximate surface area is 121 Å².